The topological polar surface area (TPSA) is 84.9 Å². The van der Waals surface area contributed by atoms with Crippen LogP contribution in [0, 0.1) is 0 Å². The van der Waals surface area contributed by atoms with E-state index in [1.165, 1.54) is 4.31 Å². The molecule has 5 rings (SSSR count). The first-order chi connectivity index (χ1) is 17.0. The van der Waals surface area contributed by atoms with E-state index in [4.69, 9.17) is 9.47 Å². The molecule has 3 aromatic rings. The molecule has 35 heavy (non-hydrogen) atoms. The zero-order chi connectivity index (χ0) is 24.3. The number of carbonyl (C=O) groups is 1. The van der Waals surface area contributed by atoms with Gasteiger partial charge in [0, 0.05) is 25.2 Å². The molecule has 2 aliphatic rings. The molecule has 1 fully saturated rings. The molecule has 0 aromatic heterocycles. The molecule has 0 aliphatic carbocycles. The quantitative estimate of drug-likeness (QED) is 0.569. The van der Waals surface area contributed by atoms with Crippen molar-refractivity contribution in [2.24, 2.45) is 0 Å². The average molecular weight is 493 g/mol. The largest absolute Gasteiger partial charge is 0.476 e. The van der Waals surface area contributed by atoms with Crippen molar-refractivity contribution < 1.29 is 22.7 Å². The van der Waals surface area contributed by atoms with Crippen molar-refractivity contribution in [1.29, 1.82) is 0 Å². The Balaban J connectivity index is 1.39. The Morgan fingerprint density at radius 1 is 0.914 bits per heavy atom. The van der Waals surface area contributed by atoms with Crippen LogP contribution in [0.5, 0.6) is 5.75 Å². The van der Waals surface area contributed by atoms with Crippen LogP contribution in [0.2, 0.25) is 0 Å². The third kappa shape index (κ3) is 4.63. The normalized spacial score (nSPS) is 19.3. The van der Waals surface area contributed by atoms with Gasteiger partial charge < -0.3 is 14.8 Å². The molecule has 8 heteroatoms. The fourth-order valence-corrected chi connectivity index (χ4v) is 6.27. The summed E-state index contributed by atoms with van der Waals surface area (Å²) in [6.07, 6.45) is 0.608. The van der Waals surface area contributed by atoms with E-state index >= 15 is 0 Å². The Hall–Kier alpha value is -3.36. The SMILES string of the molecule is O=C(NCC1(c2ccccc2)CCOCC1)[C@H]1CN(S(=O)(=O)c2ccccc2)c2ccccc2O1. The van der Waals surface area contributed by atoms with Crippen LogP contribution in [0.25, 0.3) is 0 Å². The fourth-order valence-electron chi connectivity index (χ4n) is 4.78. The number of sulfonamides is 1. The first-order valence-electron chi connectivity index (χ1n) is 11.7. The number of benzene rings is 3. The van der Waals surface area contributed by atoms with Crippen LogP contribution in [0.1, 0.15) is 18.4 Å². The first kappa shape index (κ1) is 23.4. The third-order valence-electron chi connectivity index (χ3n) is 6.80. The van der Waals surface area contributed by atoms with Gasteiger partial charge in [0.2, 0.25) is 0 Å². The zero-order valence-corrected chi connectivity index (χ0v) is 20.1. The number of fused-ring (bicyclic) bond motifs is 1. The highest BCUT2D eigenvalue weighted by Crippen LogP contribution is 2.37. The van der Waals surface area contributed by atoms with Gasteiger partial charge in [0.1, 0.15) is 5.75 Å². The number of nitrogens with zero attached hydrogens (tertiary/aromatic N) is 1. The van der Waals surface area contributed by atoms with Gasteiger partial charge in [0.25, 0.3) is 15.9 Å². The maximum atomic E-state index is 13.5. The van der Waals surface area contributed by atoms with Crippen LogP contribution in [0.4, 0.5) is 5.69 Å². The number of anilines is 1. The maximum Gasteiger partial charge on any atom is 0.264 e. The number of ether oxygens (including phenoxy) is 2. The molecule has 0 spiro atoms. The monoisotopic (exact) mass is 492 g/mol. The molecule has 182 valence electrons. The fraction of sp³-hybridized carbons (Fsp3) is 0.296. The second kappa shape index (κ2) is 9.71. The van der Waals surface area contributed by atoms with Crippen molar-refractivity contribution in [1.82, 2.24) is 5.32 Å². The summed E-state index contributed by atoms with van der Waals surface area (Å²) < 4.78 is 39.8. The molecule has 0 radical (unpaired) electrons. The number of hydrogen-bond acceptors (Lipinski definition) is 5. The lowest BCUT2D eigenvalue weighted by molar-refractivity contribution is -0.128. The van der Waals surface area contributed by atoms with E-state index in [-0.39, 0.29) is 22.8 Å². The van der Waals surface area contributed by atoms with Gasteiger partial charge in [-0.25, -0.2) is 8.42 Å². The number of para-hydroxylation sites is 2. The second-order valence-electron chi connectivity index (χ2n) is 8.90. The Kier molecular flexibility index (Phi) is 6.49. The van der Waals surface area contributed by atoms with Gasteiger partial charge in [-0.2, -0.15) is 0 Å². The van der Waals surface area contributed by atoms with Crippen LogP contribution in [0.3, 0.4) is 0 Å². The number of hydrogen-bond donors (Lipinski definition) is 1. The number of rotatable bonds is 6. The van der Waals surface area contributed by atoms with E-state index < -0.39 is 16.1 Å². The summed E-state index contributed by atoms with van der Waals surface area (Å²) in [7, 11) is -3.88. The van der Waals surface area contributed by atoms with E-state index in [0.29, 0.717) is 31.2 Å². The van der Waals surface area contributed by atoms with Gasteiger partial charge in [-0.1, -0.05) is 60.7 Å². The minimum atomic E-state index is -3.88. The van der Waals surface area contributed by atoms with Crippen molar-refractivity contribution in [3.8, 4) is 5.75 Å². The van der Waals surface area contributed by atoms with Gasteiger partial charge in [0.15, 0.2) is 6.10 Å². The highest BCUT2D eigenvalue weighted by molar-refractivity contribution is 7.92. The smallest absolute Gasteiger partial charge is 0.264 e. The summed E-state index contributed by atoms with van der Waals surface area (Å²) >= 11 is 0. The average Bonchev–Trinajstić information content (AvgIpc) is 2.92. The molecule has 1 atom stereocenters. The Bertz CT molecular complexity index is 1280. The Labute approximate surface area is 205 Å². The molecule has 0 unspecified atom stereocenters. The van der Waals surface area contributed by atoms with Crippen molar-refractivity contribution >= 4 is 21.6 Å². The lowest BCUT2D eigenvalue weighted by atomic mass is 9.74. The highest BCUT2D eigenvalue weighted by Gasteiger charge is 2.39. The predicted octanol–water partition coefficient (Wildman–Crippen LogP) is 3.51. The van der Waals surface area contributed by atoms with Crippen molar-refractivity contribution in [3.63, 3.8) is 0 Å². The van der Waals surface area contributed by atoms with Crippen LogP contribution in [-0.2, 0) is 25.0 Å². The lowest BCUT2D eigenvalue weighted by Gasteiger charge is -2.39. The predicted molar refractivity (Wildman–Crippen MR) is 133 cm³/mol. The summed E-state index contributed by atoms with van der Waals surface area (Å²) in [5.74, 6) is 0.0248. The Morgan fingerprint density at radius 2 is 1.54 bits per heavy atom. The van der Waals surface area contributed by atoms with E-state index in [9.17, 15) is 13.2 Å². The van der Waals surface area contributed by atoms with E-state index in [2.05, 4.69) is 17.4 Å². The molecule has 0 saturated carbocycles. The molecular weight excluding hydrogens is 464 g/mol. The van der Waals surface area contributed by atoms with Gasteiger partial charge in [-0.15, -0.1) is 0 Å². The summed E-state index contributed by atoms with van der Waals surface area (Å²) in [6, 6.07) is 25.3. The van der Waals surface area contributed by atoms with Gasteiger partial charge in [-0.05, 0) is 42.7 Å². The van der Waals surface area contributed by atoms with Crippen LogP contribution < -0.4 is 14.4 Å². The molecule has 1 amide bonds. The second-order valence-corrected chi connectivity index (χ2v) is 10.8. The van der Waals surface area contributed by atoms with Crippen molar-refractivity contribution in [2.75, 3.05) is 30.6 Å². The molecule has 2 heterocycles. The number of carbonyl (C=O) groups excluding carboxylic acids is 1. The standard InChI is InChI=1S/C27H28N2O5S/c30-26(28-20-27(15-17-33-18-16-27)21-9-3-1-4-10-21)25-19-29(23-13-7-8-14-24(23)34-25)35(31,32)22-11-5-2-6-12-22/h1-14,25H,15-20H2,(H,28,30)/t25-/m1/s1. The first-order valence-corrected chi connectivity index (χ1v) is 13.2. The molecular formula is C27H28N2O5S. The summed E-state index contributed by atoms with van der Waals surface area (Å²) in [6.45, 7) is 1.57. The number of nitrogens with one attached hydrogen (secondary N) is 1. The van der Waals surface area contributed by atoms with Crippen molar-refractivity contribution in [2.45, 2.75) is 29.3 Å². The third-order valence-corrected chi connectivity index (χ3v) is 8.59. The molecule has 2 aliphatic heterocycles. The lowest BCUT2D eigenvalue weighted by Crippen LogP contribution is -2.53. The van der Waals surface area contributed by atoms with E-state index in [1.807, 2.05) is 18.2 Å². The number of amides is 1. The molecule has 0 bridgehead atoms. The molecule has 7 nitrogen and oxygen atoms in total. The Morgan fingerprint density at radius 3 is 2.26 bits per heavy atom. The molecule has 1 N–H and O–H groups in total. The minimum absolute atomic E-state index is 0.110. The van der Waals surface area contributed by atoms with Gasteiger partial charge in [-0.3, -0.25) is 9.10 Å². The summed E-state index contributed by atoms with van der Waals surface area (Å²) in [5.41, 5.74) is 1.34. The van der Waals surface area contributed by atoms with Gasteiger partial charge >= 0.3 is 0 Å². The maximum absolute atomic E-state index is 13.5. The highest BCUT2D eigenvalue weighted by atomic mass is 32.2. The van der Waals surface area contributed by atoms with Crippen LogP contribution in [0.15, 0.2) is 89.8 Å². The van der Waals surface area contributed by atoms with Crippen LogP contribution >= 0.6 is 0 Å². The summed E-state index contributed by atoms with van der Waals surface area (Å²) in [5, 5.41) is 3.06. The molecule has 1 saturated heterocycles. The van der Waals surface area contributed by atoms with E-state index in [0.717, 1.165) is 18.4 Å². The molecule has 3 aromatic carbocycles. The summed E-state index contributed by atoms with van der Waals surface area (Å²) in [4.78, 5) is 13.5. The van der Waals surface area contributed by atoms with E-state index in [1.54, 1.807) is 54.6 Å². The minimum Gasteiger partial charge on any atom is -0.476 e. The van der Waals surface area contributed by atoms with Crippen LogP contribution in [-0.4, -0.2) is 46.7 Å². The van der Waals surface area contributed by atoms with Crippen molar-refractivity contribution in [3.05, 3.63) is 90.5 Å². The zero-order valence-electron chi connectivity index (χ0n) is 19.3. The van der Waals surface area contributed by atoms with Gasteiger partial charge in [0.05, 0.1) is 17.1 Å².